The molecule has 1 heterocycles. The van der Waals surface area contributed by atoms with Crippen LogP contribution in [-0.2, 0) is 11.2 Å². The number of carbonyl (C=O) groups is 1. The molecule has 0 unspecified atom stereocenters. The van der Waals surface area contributed by atoms with Gasteiger partial charge in [0, 0.05) is 0 Å². The minimum Gasteiger partial charge on any atom is -0.463 e. The lowest BCUT2D eigenvalue weighted by atomic mass is 10.2. The first-order valence-electron chi connectivity index (χ1n) is 6.00. The van der Waals surface area contributed by atoms with E-state index in [0.717, 1.165) is 6.42 Å². The van der Waals surface area contributed by atoms with Gasteiger partial charge in [0.15, 0.2) is 0 Å². The summed E-state index contributed by atoms with van der Waals surface area (Å²) < 4.78 is 23.7. The van der Waals surface area contributed by atoms with Gasteiger partial charge in [-0.1, -0.05) is 25.5 Å². The van der Waals surface area contributed by atoms with Crippen LogP contribution < -0.4 is 0 Å². The highest BCUT2D eigenvalue weighted by atomic mass is 19.1. The molecule has 1 aromatic carbocycles. The third-order valence-electron chi connectivity index (χ3n) is 2.66. The minimum atomic E-state index is -0.599. The van der Waals surface area contributed by atoms with Crippen LogP contribution in [0.4, 0.5) is 4.39 Å². The summed E-state index contributed by atoms with van der Waals surface area (Å²) >= 11 is 0. The first-order valence-corrected chi connectivity index (χ1v) is 6.00. The Labute approximate surface area is 110 Å². The Morgan fingerprint density at radius 1 is 1.42 bits per heavy atom. The van der Waals surface area contributed by atoms with Gasteiger partial charge < -0.3 is 9.15 Å². The molecule has 0 atom stereocenters. The molecule has 0 spiro atoms. The largest absolute Gasteiger partial charge is 0.463 e. The molecule has 0 saturated heterocycles. The van der Waals surface area contributed by atoms with Crippen molar-refractivity contribution in [2.24, 2.45) is 0 Å². The van der Waals surface area contributed by atoms with Crippen LogP contribution in [0.3, 0.4) is 0 Å². The van der Waals surface area contributed by atoms with Crippen molar-refractivity contribution in [3.63, 3.8) is 0 Å². The van der Waals surface area contributed by atoms with E-state index in [1.54, 1.807) is 18.2 Å². The van der Waals surface area contributed by atoms with Crippen LogP contribution in [0.15, 0.2) is 28.7 Å². The van der Waals surface area contributed by atoms with Gasteiger partial charge in [0.25, 0.3) is 0 Å². The van der Waals surface area contributed by atoms with E-state index < -0.39 is 11.8 Å². The fourth-order valence-corrected chi connectivity index (χ4v) is 1.76. The standard InChI is InChI=1S/C14H14FNO3/c1-3-6-11-12(14(17)18-2)19-13(16-11)9-7-4-5-8-10(9)15/h4-5,7-8H,3,6H2,1-2H3. The van der Waals surface area contributed by atoms with Gasteiger partial charge in [-0.2, -0.15) is 0 Å². The third kappa shape index (κ3) is 2.65. The molecular formula is C14H14FNO3. The summed E-state index contributed by atoms with van der Waals surface area (Å²) in [5, 5.41) is 0. The van der Waals surface area contributed by atoms with Gasteiger partial charge in [-0.05, 0) is 18.6 Å². The topological polar surface area (TPSA) is 52.3 Å². The van der Waals surface area contributed by atoms with E-state index in [1.165, 1.54) is 13.2 Å². The lowest BCUT2D eigenvalue weighted by molar-refractivity contribution is 0.0564. The fraction of sp³-hybridized carbons (Fsp3) is 0.286. The van der Waals surface area contributed by atoms with Crippen molar-refractivity contribution < 1.29 is 18.3 Å². The summed E-state index contributed by atoms with van der Waals surface area (Å²) in [5.41, 5.74) is 0.725. The Morgan fingerprint density at radius 2 is 2.16 bits per heavy atom. The van der Waals surface area contributed by atoms with Gasteiger partial charge in [-0.3, -0.25) is 0 Å². The van der Waals surface area contributed by atoms with Crippen molar-refractivity contribution in [3.05, 3.63) is 41.5 Å². The van der Waals surface area contributed by atoms with Crippen molar-refractivity contribution in [3.8, 4) is 11.5 Å². The monoisotopic (exact) mass is 263 g/mol. The van der Waals surface area contributed by atoms with Crippen LogP contribution in [-0.4, -0.2) is 18.1 Å². The second-order valence-corrected chi connectivity index (χ2v) is 4.02. The number of rotatable bonds is 4. The van der Waals surface area contributed by atoms with Crippen LogP contribution >= 0.6 is 0 Å². The smallest absolute Gasteiger partial charge is 0.376 e. The first-order chi connectivity index (χ1) is 9.17. The number of aryl methyl sites for hydroxylation is 1. The number of methoxy groups -OCH3 is 1. The van der Waals surface area contributed by atoms with Crippen LogP contribution in [0.5, 0.6) is 0 Å². The Kier molecular flexibility index (Phi) is 3.94. The molecule has 19 heavy (non-hydrogen) atoms. The Morgan fingerprint density at radius 3 is 2.79 bits per heavy atom. The molecule has 0 aliphatic carbocycles. The summed E-state index contributed by atoms with van der Waals surface area (Å²) in [5.74, 6) is -0.897. The summed E-state index contributed by atoms with van der Waals surface area (Å²) in [6, 6.07) is 6.13. The molecule has 0 saturated carbocycles. The van der Waals surface area contributed by atoms with Crippen molar-refractivity contribution in [1.82, 2.24) is 4.98 Å². The number of esters is 1. The number of oxazole rings is 1. The Balaban J connectivity index is 2.48. The minimum absolute atomic E-state index is 0.0441. The predicted octanol–water partition coefficient (Wildman–Crippen LogP) is 3.22. The van der Waals surface area contributed by atoms with E-state index in [4.69, 9.17) is 4.42 Å². The number of hydrogen-bond donors (Lipinski definition) is 0. The van der Waals surface area contributed by atoms with E-state index in [-0.39, 0.29) is 17.2 Å². The van der Waals surface area contributed by atoms with Gasteiger partial charge in [-0.25, -0.2) is 14.2 Å². The van der Waals surface area contributed by atoms with Crippen LogP contribution in [0, 0.1) is 5.82 Å². The molecule has 0 N–H and O–H groups in total. The van der Waals surface area contributed by atoms with Crippen LogP contribution in [0.25, 0.3) is 11.5 Å². The molecule has 0 radical (unpaired) electrons. The summed E-state index contributed by atoms with van der Waals surface area (Å²) in [7, 11) is 1.27. The van der Waals surface area contributed by atoms with Gasteiger partial charge >= 0.3 is 5.97 Å². The van der Waals surface area contributed by atoms with E-state index in [0.29, 0.717) is 12.1 Å². The first kappa shape index (κ1) is 13.3. The summed E-state index contributed by atoms with van der Waals surface area (Å²) in [4.78, 5) is 15.8. The van der Waals surface area contributed by atoms with Gasteiger partial charge in [-0.15, -0.1) is 0 Å². The van der Waals surface area contributed by atoms with Gasteiger partial charge in [0.2, 0.25) is 11.7 Å². The third-order valence-corrected chi connectivity index (χ3v) is 2.66. The summed E-state index contributed by atoms with van der Waals surface area (Å²) in [6.07, 6.45) is 1.37. The highest BCUT2D eigenvalue weighted by molar-refractivity contribution is 5.88. The number of halogens is 1. The molecule has 0 amide bonds. The van der Waals surface area contributed by atoms with E-state index in [2.05, 4.69) is 9.72 Å². The molecule has 0 aliphatic heterocycles. The summed E-state index contributed by atoms with van der Waals surface area (Å²) in [6.45, 7) is 1.96. The van der Waals surface area contributed by atoms with E-state index in [9.17, 15) is 9.18 Å². The van der Waals surface area contributed by atoms with E-state index in [1.807, 2.05) is 6.92 Å². The molecule has 1 aromatic heterocycles. The van der Waals surface area contributed by atoms with Crippen LogP contribution in [0.1, 0.15) is 29.6 Å². The lowest BCUT2D eigenvalue weighted by Gasteiger charge is -1.97. The van der Waals surface area contributed by atoms with Gasteiger partial charge in [0.1, 0.15) is 5.82 Å². The number of hydrogen-bond acceptors (Lipinski definition) is 4. The lowest BCUT2D eigenvalue weighted by Crippen LogP contribution is -2.03. The normalized spacial score (nSPS) is 10.5. The molecule has 0 fully saturated rings. The number of ether oxygens (including phenoxy) is 1. The van der Waals surface area contributed by atoms with E-state index >= 15 is 0 Å². The molecule has 0 bridgehead atoms. The molecular weight excluding hydrogens is 249 g/mol. The molecule has 0 aliphatic rings. The van der Waals surface area contributed by atoms with Crippen LogP contribution in [0.2, 0.25) is 0 Å². The predicted molar refractivity (Wildman–Crippen MR) is 67.2 cm³/mol. The maximum atomic E-state index is 13.7. The van der Waals surface area contributed by atoms with Crippen molar-refractivity contribution >= 4 is 5.97 Å². The number of benzene rings is 1. The molecule has 5 heteroatoms. The van der Waals surface area contributed by atoms with Crippen molar-refractivity contribution in [2.75, 3.05) is 7.11 Å². The maximum absolute atomic E-state index is 13.7. The van der Waals surface area contributed by atoms with Crippen molar-refractivity contribution in [1.29, 1.82) is 0 Å². The Bertz CT molecular complexity index is 592. The number of nitrogens with zero attached hydrogens (tertiary/aromatic N) is 1. The highest BCUT2D eigenvalue weighted by Crippen LogP contribution is 2.25. The average Bonchev–Trinajstić information content (AvgIpc) is 2.83. The zero-order valence-electron chi connectivity index (χ0n) is 10.8. The second-order valence-electron chi connectivity index (χ2n) is 4.02. The fourth-order valence-electron chi connectivity index (χ4n) is 1.76. The number of carbonyl (C=O) groups excluding carboxylic acids is 1. The SMILES string of the molecule is CCCc1nc(-c2ccccc2F)oc1C(=O)OC. The molecule has 2 aromatic rings. The van der Waals surface area contributed by atoms with Crippen molar-refractivity contribution in [2.45, 2.75) is 19.8 Å². The second kappa shape index (κ2) is 5.65. The number of aromatic nitrogens is 1. The average molecular weight is 263 g/mol. The van der Waals surface area contributed by atoms with Gasteiger partial charge in [0.05, 0.1) is 18.4 Å². The zero-order chi connectivity index (χ0) is 13.8. The zero-order valence-corrected chi connectivity index (χ0v) is 10.8. The molecule has 100 valence electrons. The highest BCUT2D eigenvalue weighted by Gasteiger charge is 2.22. The quantitative estimate of drug-likeness (QED) is 0.795. The molecule has 2 rings (SSSR count). The maximum Gasteiger partial charge on any atom is 0.376 e. The Hall–Kier alpha value is -2.17. The molecule has 4 nitrogen and oxygen atoms in total.